The monoisotopic (exact) mass is 204 g/mol. The quantitative estimate of drug-likeness (QED) is 0.543. The van der Waals surface area contributed by atoms with Crippen molar-refractivity contribution in [1.82, 2.24) is 0 Å². The Kier molecular flexibility index (Phi) is 4.61. The molecule has 0 spiro atoms. The van der Waals surface area contributed by atoms with Crippen molar-refractivity contribution in [3.63, 3.8) is 0 Å². The van der Waals surface area contributed by atoms with Crippen LogP contribution in [-0.4, -0.2) is 12.4 Å². The molecule has 0 amide bonds. The molecule has 0 aliphatic rings. The molecule has 80 valence electrons. The number of ether oxygens (including phenoxy) is 1. The van der Waals surface area contributed by atoms with E-state index < -0.39 is 0 Å². The van der Waals surface area contributed by atoms with Crippen LogP contribution in [0, 0.1) is 0 Å². The predicted octanol–water partition coefficient (Wildman–Crippen LogP) is 3.23. The summed E-state index contributed by atoms with van der Waals surface area (Å²) in [7, 11) is 0. The van der Waals surface area contributed by atoms with Crippen LogP contribution in [0.4, 0.5) is 0 Å². The highest BCUT2D eigenvalue weighted by molar-refractivity contribution is 5.95. The molecule has 0 saturated heterocycles. The van der Waals surface area contributed by atoms with Gasteiger partial charge in [0, 0.05) is 12.0 Å². The zero-order valence-electron chi connectivity index (χ0n) is 9.19. The van der Waals surface area contributed by atoms with Gasteiger partial charge < -0.3 is 4.74 Å². The Bertz CT molecular complexity index is 336. The maximum atomic E-state index is 11.3. The van der Waals surface area contributed by atoms with Crippen LogP contribution < -0.4 is 4.74 Å². The summed E-state index contributed by atoms with van der Waals surface area (Å²) in [5, 5.41) is 0. The second-order valence-electron chi connectivity index (χ2n) is 3.18. The first-order valence-corrected chi connectivity index (χ1v) is 5.15. The number of hydrogen-bond donors (Lipinski definition) is 0. The number of carbonyl (C=O) groups is 1. The lowest BCUT2D eigenvalue weighted by molar-refractivity contribution is 0.0988. The number of hydrogen-bond acceptors (Lipinski definition) is 2. The van der Waals surface area contributed by atoms with Crippen molar-refractivity contribution in [3.8, 4) is 5.75 Å². The third kappa shape index (κ3) is 3.58. The third-order valence-corrected chi connectivity index (χ3v) is 2.08. The molecule has 2 nitrogen and oxygen atoms in total. The van der Waals surface area contributed by atoms with Crippen LogP contribution >= 0.6 is 0 Å². The van der Waals surface area contributed by atoms with E-state index in [9.17, 15) is 4.79 Å². The molecule has 0 fully saturated rings. The van der Waals surface area contributed by atoms with Gasteiger partial charge in [-0.2, -0.15) is 0 Å². The van der Waals surface area contributed by atoms with E-state index in [4.69, 9.17) is 4.74 Å². The molecule has 0 heterocycles. The largest absolute Gasteiger partial charge is 0.490 e. The van der Waals surface area contributed by atoms with Crippen LogP contribution in [0.2, 0.25) is 0 Å². The van der Waals surface area contributed by atoms with E-state index in [1.807, 2.05) is 38.1 Å². The molecule has 0 saturated carbocycles. The Morgan fingerprint density at radius 2 is 2.00 bits per heavy atom. The zero-order valence-corrected chi connectivity index (χ0v) is 9.19. The van der Waals surface area contributed by atoms with Gasteiger partial charge in [-0.05, 0) is 31.2 Å². The van der Waals surface area contributed by atoms with Crippen molar-refractivity contribution in [2.24, 2.45) is 0 Å². The maximum Gasteiger partial charge on any atom is 0.162 e. The Balaban J connectivity index is 2.60. The smallest absolute Gasteiger partial charge is 0.162 e. The van der Waals surface area contributed by atoms with Crippen LogP contribution in [0.25, 0.3) is 0 Å². The molecule has 0 N–H and O–H groups in total. The third-order valence-electron chi connectivity index (χ3n) is 2.08. The number of Topliss-reactive ketones (excluding diaryl/α,β-unsaturated/α-hetero) is 1. The minimum absolute atomic E-state index is 0.162. The standard InChI is InChI=1S/C13H16O2/c1-3-5-10-15-12-8-6-11(7-9-12)13(14)4-2/h3,5-9H,4,10H2,1-2H3/b5-3+. The fourth-order valence-corrected chi connectivity index (χ4v) is 1.18. The fraction of sp³-hybridized carbons (Fsp3) is 0.308. The Morgan fingerprint density at radius 3 is 2.53 bits per heavy atom. The van der Waals surface area contributed by atoms with E-state index in [-0.39, 0.29) is 5.78 Å². The summed E-state index contributed by atoms with van der Waals surface area (Å²) in [6, 6.07) is 7.26. The number of rotatable bonds is 5. The number of allylic oxidation sites excluding steroid dienone is 1. The predicted molar refractivity (Wildman–Crippen MR) is 61.4 cm³/mol. The van der Waals surface area contributed by atoms with Gasteiger partial charge in [0.2, 0.25) is 0 Å². The number of benzene rings is 1. The maximum absolute atomic E-state index is 11.3. The van der Waals surface area contributed by atoms with E-state index in [0.717, 1.165) is 11.3 Å². The zero-order chi connectivity index (χ0) is 11.1. The van der Waals surface area contributed by atoms with E-state index in [0.29, 0.717) is 13.0 Å². The van der Waals surface area contributed by atoms with Crippen molar-refractivity contribution >= 4 is 5.78 Å². The van der Waals surface area contributed by atoms with Gasteiger partial charge in [0.1, 0.15) is 12.4 Å². The SMILES string of the molecule is C/C=C/COc1ccc(C(=O)CC)cc1. The van der Waals surface area contributed by atoms with Gasteiger partial charge in [-0.15, -0.1) is 0 Å². The van der Waals surface area contributed by atoms with Gasteiger partial charge in [-0.3, -0.25) is 4.79 Å². The molecule has 2 heteroatoms. The number of carbonyl (C=O) groups excluding carboxylic acids is 1. The van der Waals surface area contributed by atoms with Crippen LogP contribution in [0.3, 0.4) is 0 Å². The Labute approximate surface area is 90.6 Å². The molecule has 15 heavy (non-hydrogen) atoms. The van der Waals surface area contributed by atoms with Crippen molar-refractivity contribution in [1.29, 1.82) is 0 Å². The highest BCUT2D eigenvalue weighted by atomic mass is 16.5. The molecular formula is C13H16O2. The summed E-state index contributed by atoms with van der Waals surface area (Å²) in [6.07, 6.45) is 4.42. The van der Waals surface area contributed by atoms with E-state index in [2.05, 4.69) is 0 Å². The second-order valence-corrected chi connectivity index (χ2v) is 3.18. The van der Waals surface area contributed by atoms with Gasteiger partial charge in [-0.1, -0.05) is 19.1 Å². The van der Waals surface area contributed by atoms with Gasteiger partial charge in [-0.25, -0.2) is 0 Å². The molecular weight excluding hydrogens is 188 g/mol. The summed E-state index contributed by atoms with van der Waals surface area (Å²) in [5.74, 6) is 0.954. The second kappa shape index (κ2) is 6.02. The Morgan fingerprint density at radius 1 is 1.33 bits per heavy atom. The van der Waals surface area contributed by atoms with Gasteiger partial charge >= 0.3 is 0 Å². The van der Waals surface area contributed by atoms with E-state index in [1.165, 1.54) is 0 Å². The lowest BCUT2D eigenvalue weighted by atomic mass is 10.1. The normalized spacial score (nSPS) is 10.5. The van der Waals surface area contributed by atoms with Crippen LogP contribution in [0.5, 0.6) is 5.75 Å². The highest BCUT2D eigenvalue weighted by Gasteiger charge is 2.01. The topological polar surface area (TPSA) is 26.3 Å². The van der Waals surface area contributed by atoms with E-state index in [1.54, 1.807) is 12.1 Å². The average molecular weight is 204 g/mol. The molecule has 0 radical (unpaired) electrons. The lowest BCUT2D eigenvalue weighted by Gasteiger charge is -2.03. The molecule has 1 aromatic rings. The molecule has 0 aliphatic heterocycles. The highest BCUT2D eigenvalue weighted by Crippen LogP contribution is 2.13. The lowest BCUT2D eigenvalue weighted by Crippen LogP contribution is -1.97. The summed E-state index contributed by atoms with van der Waals surface area (Å²) < 4.78 is 5.42. The molecule has 0 unspecified atom stereocenters. The number of ketones is 1. The van der Waals surface area contributed by atoms with Gasteiger partial charge in [0.25, 0.3) is 0 Å². The van der Waals surface area contributed by atoms with Crippen molar-refractivity contribution in [3.05, 3.63) is 42.0 Å². The minimum Gasteiger partial charge on any atom is -0.490 e. The molecule has 0 aromatic heterocycles. The molecule has 0 atom stereocenters. The average Bonchev–Trinajstić information content (AvgIpc) is 2.29. The first-order valence-electron chi connectivity index (χ1n) is 5.15. The summed E-state index contributed by atoms with van der Waals surface area (Å²) in [6.45, 7) is 4.38. The van der Waals surface area contributed by atoms with Crippen LogP contribution in [0.1, 0.15) is 30.6 Å². The molecule has 0 bridgehead atoms. The van der Waals surface area contributed by atoms with Crippen molar-refractivity contribution in [2.45, 2.75) is 20.3 Å². The Hall–Kier alpha value is -1.57. The summed E-state index contributed by atoms with van der Waals surface area (Å²) in [5.41, 5.74) is 0.746. The summed E-state index contributed by atoms with van der Waals surface area (Å²) >= 11 is 0. The van der Waals surface area contributed by atoms with E-state index >= 15 is 0 Å². The fourth-order valence-electron chi connectivity index (χ4n) is 1.18. The van der Waals surface area contributed by atoms with Crippen molar-refractivity contribution in [2.75, 3.05) is 6.61 Å². The van der Waals surface area contributed by atoms with Crippen LogP contribution in [-0.2, 0) is 0 Å². The van der Waals surface area contributed by atoms with Crippen LogP contribution in [0.15, 0.2) is 36.4 Å². The minimum atomic E-state index is 0.162. The first kappa shape index (κ1) is 11.5. The molecule has 1 rings (SSSR count). The van der Waals surface area contributed by atoms with Gasteiger partial charge in [0.15, 0.2) is 5.78 Å². The van der Waals surface area contributed by atoms with Crippen molar-refractivity contribution < 1.29 is 9.53 Å². The summed E-state index contributed by atoms with van der Waals surface area (Å²) in [4.78, 5) is 11.3. The molecule has 1 aromatic carbocycles. The first-order chi connectivity index (χ1) is 7.27. The molecule has 0 aliphatic carbocycles. The van der Waals surface area contributed by atoms with Gasteiger partial charge in [0.05, 0.1) is 0 Å².